The molecule has 0 bridgehead atoms. The molecule has 0 aliphatic heterocycles. The first-order valence-corrected chi connectivity index (χ1v) is 6.16. The Morgan fingerprint density at radius 2 is 2.15 bits per heavy atom. The molecule has 1 aromatic carbocycles. The molecule has 0 aliphatic rings. The number of non-ortho nitro benzene ring substituents is 1. The summed E-state index contributed by atoms with van der Waals surface area (Å²) in [5.41, 5.74) is 0.666. The van der Waals surface area contributed by atoms with Gasteiger partial charge in [-0.05, 0) is 25.1 Å². The van der Waals surface area contributed by atoms with E-state index in [2.05, 4.69) is 15.6 Å². The second kappa shape index (κ2) is 5.96. The molecule has 0 unspecified atom stereocenters. The number of carbonyl (C=O) groups is 1. The fourth-order valence-corrected chi connectivity index (χ4v) is 1.76. The van der Waals surface area contributed by atoms with Gasteiger partial charge in [-0.3, -0.25) is 14.9 Å². The predicted octanol–water partition coefficient (Wildman–Crippen LogP) is 1.69. The first kappa shape index (κ1) is 13.7. The third-order valence-electron chi connectivity index (χ3n) is 2.69. The van der Waals surface area contributed by atoms with Crippen LogP contribution in [0, 0.1) is 10.1 Å². The molecule has 0 spiro atoms. The van der Waals surface area contributed by atoms with Crippen LogP contribution in [0.5, 0.6) is 0 Å². The van der Waals surface area contributed by atoms with Gasteiger partial charge < -0.3 is 10.6 Å². The zero-order valence-corrected chi connectivity index (χ0v) is 10.9. The van der Waals surface area contributed by atoms with Gasteiger partial charge in [0.25, 0.3) is 5.69 Å². The van der Waals surface area contributed by atoms with E-state index in [0.29, 0.717) is 23.3 Å². The summed E-state index contributed by atoms with van der Waals surface area (Å²) in [6, 6.07) is 7.88. The highest BCUT2D eigenvalue weighted by Crippen LogP contribution is 2.20. The topological polar surface area (TPSA) is 97.2 Å². The van der Waals surface area contributed by atoms with Crippen LogP contribution in [0.3, 0.4) is 0 Å². The lowest BCUT2D eigenvalue weighted by atomic mass is 10.2. The fourth-order valence-electron chi connectivity index (χ4n) is 1.76. The van der Waals surface area contributed by atoms with Crippen LogP contribution in [-0.4, -0.2) is 28.9 Å². The van der Waals surface area contributed by atoms with Crippen LogP contribution in [0.25, 0.3) is 10.9 Å². The van der Waals surface area contributed by atoms with Gasteiger partial charge >= 0.3 is 0 Å². The second-order valence-corrected chi connectivity index (χ2v) is 4.14. The molecule has 2 aromatic rings. The van der Waals surface area contributed by atoms with Crippen LogP contribution in [0.1, 0.15) is 6.92 Å². The Hall–Kier alpha value is -2.70. The van der Waals surface area contributed by atoms with E-state index < -0.39 is 4.92 Å². The van der Waals surface area contributed by atoms with Crippen molar-refractivity contribution in [1.29, 1.82) is 0 Å². The standard InChI is InChI=1S/C13H14N4O3/c1-2-14-13(18)8-15-12-6-3-9-7-10(17(19)20)4-5-11(9)16-12/h3-7H,2,8H2,1H3,(H,14,18)(H,15,16). The number of pyridine rings is 1. The summed E-state index contributed by atoms with van der Waals surface area (Å²) < 4.78 is 0. The molecule has 1 amide bonds. The minimum atomic E-state index is -0.444. The number of anilines is 1. The number of nitro groups is 1. The van der Waals surface area contributed by atoms with Gasteiger partial charge in [0.05, 0.1) is 17.0 Å². The van der Waals surface area contributed by atoms with Crippen LogP contribution in [-0.2, 0) is 4.79 Å². The van der Waals surface area contributed by atoms with Crippen LogP contribution in [0.15, 0.2) is 30.3 Å². The molecule has 1 aromatic heterocycles. The average molecular weight is 274 g/mol. The molecule has 20 heavy (non-hydrogen) atoms. The van der Waals surface area contributed by atoms with Crippen molar-refractivity contribution in [1.82, 2.24) is 10.3 Å². The Labute approximate surface area is 115 Å². The number of hydrogen-bond acceptors (Lipinski definition) is 5. The maximum Gasteiger partial charge on any atom is 0.270 e. The monoisotopic (exact) mass is 274 g/mol. The van der Waals surface area contributed by atoms with Crippen molar-refractivity contribution in [2.24, 2.45) is 0 Å². The Bertz CT molecular complexity index is 657. The van der Waals surface area contributed by atoms with Gasteiger partial charge in [-0.2, -0.15) is 0 Å². The lowest BCUT2D eigenvalue weighted by molar-refractivity contribution is -0.384. The summed E-state index contributed by atoms with van der Waals surface area (Å²) in [7, 11) is 0. The van der Waals surface area contributed by atoms with Crippen LogP contribution in [0.4, 0.5) is 11.5 Å². The zero-order chi connectivity index (χ0) is 14.5. The molecule has 1 heterocycles. The number of amides is 1. The number of nitrogens with zero attached hydrogens (tertiary/aromatic N) is 2. The van der Waals surface area contributed by atoms with Crippen molar-refractivity contribution in [2.75, 3.05) is 18.4 Å². The molecule has 0 saturated carbocycles. The largest absolute Gasteiger partial charge is 0.361 e. The second-order valence-electron chi connectivity index (χ2n) is 4.14. The van der Waals surface area contributed by atoms with Crippen molar-refractivity contribution in [3.63, 3.8) is 0 Å². The number of likely N-dealkylation sites (N-methyl/N-ethyl adjacent to an activating group) is 1. The highest BCUT2D eigenvalue weighted by atomic mass is 16.6. The minimum Gasteiger partial charge on any atom is -0.361 e. The van der Waals surface area contributed by atoms with E-state index in [0.717, 1.165) is 0 Å². The predicted molar refractivity (Wildman–Crippen MR) is 75.6 cm³/mol. The number of benzene rings is 1. The summed E-state index contributed by atoms with van der Waals surface area (Å²) in [5, 5.41) is 16.9. The summed E-state index contributed by atoms with van der Waals surface area (Å²) in [6.45, 7) is 2.56. The molecule has 0 radical (unpaired) electrons. The van der Waals surface area contributed by atoms with E-state index in [4.69, 9.17) is 0 Å². The number of fused-ring (bicyclic) bond motifs is 1. The van der Waals surface area contributed by atoms with Crippen LogP contribution < -0.4 is 10.6 Å². The summed E-state index contributed by atoms with van der Waals surface area (Å²) in [5.74, 6) is 0.440. The van der Waals surface area contributed by atoms with Crippen LogP contribution in [0.2, 0.25) is 0 Å². The number of aromatic nitrogens is 1. The first-order chi connectivity index (χ1) is 9.60. The van der Waals surface area contributed by atoms with Crippen molar-refractivity contribution in [3.8, 4) is 0 Å². The van der Waals surface area contributed by atoms with E-state index in [9.17, 15) is 14.9 Å². The number of nitrogens with one attached hydrogen (secondary N) is 2. The normalized spacial score (nSPS) is 10.2. The van der Waals surface area contributed by atoms with Gasteiger partial charge in [0.1, 0.15) is 5.82 Å². The highest BCUT2D eigenvalue weighted by molar-refractivity contribution is 5.84. The lowest BCUT2D eigenvalue weighted by Gasteiger charge is -2.06. The molecule has 2 N–H and O–H groups in total. The molecule has 2 rings (SSSR count). The third-order valence-corrected chi connectivity index (χ3v) is 2.69. The Balaban J connectivity index is 2.15. The van der Waals surface area contributed by atoms with E-state index in [1.54, 1.807) is 18.2 Å². The Kier molecular flexibility index (Phi) is 4.09. The quantitative estimate of drug-likeness (QED) is 0.638. The van der Waals surface area contributed by atoms with E-state index >= 15 is 0 Å². The molecule has 0 aliphatic carbocycles. The van der Waals surface area contributed by atoms with Crippen molar-refractivity contribution < 1.29 is 9.72 Å². The van der Waals surface area contributed by atoms with Gasteiger partial charge in [0.15, 0.2) is 0 Å². The molecular weight excluding hydrogens is 260 g/mol. The molecule has 0 fully saturated rings. The van der Waals surface area contributed by atoms with Crippen molar-refractivity contribution >= 4 is 28.3 Å². The molecule has 7 heteroatoms. The fraction of sp³-hybridized carbons (Fsp3) is 0.231. The Morgan fingerprint density at radius 3 is 2.85 bits per heavy atom. The number of carbonyl (C=O) groups excluding carboxylic acids is 1. The summed E-state index contributed by atoms with van der Waals surface area (Å²) in [4.78, 5) is 25.9. The van der Waals surface area contributed by atoms with E-state index in [1.165, 1.54) is 12.1 Å². The van der Waals surface area contributed by atoms with Gasteiger partial charge in [-0.1, -0.05) is 0 Å². The first-order valence-electron chi connectivity index (χ1n) is 6.16. The maximum absolute atomic E-state index is 11.3. The molecule has 7 nitrogen and oxygen atoms in total. The Morgan fingerprint density at radius 1 is 1.35 bits per heavy atom. The van der Waals surface area contributed by atoms with Gasteiger partial charge in [0.2, 0.25) is 5.91 Å². The third kappa shape index (κ3) is 3.19. The van der Waals surface area contributed by atoms with Crippen LogP contribution >= 0.6 is 0 Å². The highest BCUT2D eigenvalue weighted by Gasteiger charge is 2.07. The summed E-state index contributed by atoms with van der Waals surface area (Å²) >= 11 is 0. The zero-order valence-electron chi connectivity index (χ0n) is 10.9. The number of rotatable bonds is 5. The molecular formula is C13H14N4O3. The van der Waals surface area contributed by atoms with Crippen molar-refractivity contribution in [3.05, 3.63) is 40.4 Å². The van der Waals surface area contributed by atoms with Gasteiger partial charge in [-0.25, -0.2) is 4.98 Å². The number of hydrogen-bond donors (Lipinski definition) is 2. The molecule has 104 valence electrons. The smallest absolute Gasteiger partial charge is 0.270 e. The SMILES string of the molecule is CCNC(=O)CNc1ccc2cc([N+](=O)[O-])ccc2n1. The number of nitro benzene ring substituents is 1. The average Bonchev–Trinajstić information content (AvgIpc) is 2.44. The molecule has 0 atom stereocenters. The maximum atomic E-state index is 11.3. The lowest BCUT2D eigenvalue weighted by Crippen LogP contribution is -2.29. The van der Waals surface area contributed by atoms with E-state index in [1.807, 2.05) is 6.92 Å². The van der Waals surface area contributed by atoms with Crippen molar-refractivity contribution in [2.45, 2.75) is 6.92 Å². The van der Waals surface area contributed by atoms with E-state index in [-0.39, 0.29) is 18.1 Å². The molecule has 0 saturated heterocycles. The van der Waals surface area contributed by atoms with Gasteiger partial charge in [0, 0.05) is 24.1 Å². The van der Waals surface area contributed by atoms with Gasteiger partial charge in [-0.15, -0.1) is 0 Å². The minimum absolute atomic E-state index is 0.0299. The summed E-state index contributed by atoms with van der Waals surface area (Å²) in [6.07, 6.45) is 0.